The smallest absolute Gasteiger partial charge is 0.130 e. The van der Waals surface area contributed by atoms with Gasteiger partial charge in [0, 0.05) is 10.7 Å². The van der Waals surface area contributed by atoms with Gasteiger partial charge in [-0.25, -0.2) is 4.98 Å². The molecule has 0 atom stereocenters. The molecule has 1 N–H and O–H groups in total. The fourth-order valence-electron chi connectivity index (χ4n) is 1.23. The zero-order chi connectivity index (χ0) is 11.4. The Kier molecular flexibility index (Phi) is 3.18. The van der Waals surface area contributed by atoms with E-state index in [2.05, 4.69) is 26.2 Å². The summed E-state index contributed by atoms with van der Waals surface area (Å²) in [5.41, 5.74) is 1.50. The molecule has 1 aromatic heterocycles. The van der Waals surface area contributed by atoms with Gasteiger partial charge in [0.25, 0.3) is 0 Å². The maximum absolute atomic E-state index is 8.64. The first-order valence-corrected chi connectivity index (χ1v) is 5.46. The van der Waals surface area contributed by atoms with Gasteiger partial charge in [0.05, 0.1) is 11.3 Å². The zero-order valence-electron chi connectivity index (χ0n) is 8.31. The quantitative estimate of drug-likeness (QED) is 0.912. The molecule has 0 amide bonds. The minimum Gasteiger partial charge on any atom is -0.339 e. The Morgan fingerprint density at radius 3 is 2.62 bits per heavy atom. The summed E-state index contributed by atoms with van der Waals surface area (Å²) < 4.78 is 0.973. The van der Waals surface area contributed by atoms with Gasteiger partial charge in [-0.2, -0.15) is 5.26 Å². The van der Waals surface area contributed by atoms with Crippen molar-refractivity contribution in [3.05, 3.63) is 52.6 Å². The molecular weight excluding hydrogens is 266 g/mol. The first-order valence-electron chi connectivity index (χ1n) is 4.67. The highest BCUT2D eigenvalue weighted by Crippen LogP contribution is 2.24. The summed E-state index contributed by atoms with van der Waals surface area (Å²) in [5.74, 6) is 0.714. The van der Waals surface area contributed by atoms with E-state index < -0.39 is 0 Å². The van der Waals surface area contributed by atoms with E-state index >= 15 is 0 Å². The first kappa shape index (κ1) is 10.7. The molecule has 2 aromatic rings. The summed E-state index contributed by atoms with van der Waals surface area (Å²) in [6.45, 7) is 0. The SMILES string of the molecule is N#Cc1ccc(Nc2ccccc2Br)nc1. The van der Waals surface area contributed by atoms with Gasteiger partial charge in [-0.05, 0) is 40.2 Å². The first-order chi connectivity index (χ1) is 7.79. The maximum Gasteiger partial charge on any atom is 0.130 e. The lowest BCUT2D eigenvalue weighted by Crippen LogP contribution is -1.94. The molecule has 4 heteroatoms. The van der Waals surface area contributed by atoms with Crippen LogP contribution in [0.15, 0.2) is 47.1 Å². The zero-order valence-corrected chi connectivity index (χ0v) is 9.90. The number of nitrogens with zero attached hydrogens (tertiary/aromatic N) is 2. The van der Waals surface area contributed by atoms with Crippen LogP contribution in [0.3, 0.4) is 0 Å². The lowest BCUT2D eigenvalue weighted by molar-refractivity contribution is 1.28. The van der Waals surface area contributed by atoms with Gasteiger partial charge in [-0.3, -0.25) is 0 Å². The van der Waals surface area contributed by atoms with E-state index in [9.17, 15) is 0 Å². The Morgan fingerprint density at radius 1 is 1.19 bits per heavy atom. The van der Waals surface area contributed by atoms with E-state index in [1.54, 1.807) is 18.3 Å². The second kappa shape index (κ2) is 4.77. The highest BCUT2D eigenvalue weighted by atomic mass is 79.9. The van der Waals surface area contributed by atoms with E-state index in [1.165, 1.54) is 0 Å². The fourth-order valence-corrected chi connectivity index (χ4v) is 1.62. The van der Waals surface area contributed by atoms with Crippen molar-refractivity contribution in [3.63, 3.8) is 0 Å². The van der Waals surface area contributed by atoms with E-state index in [0.717, 1.165) is 10.2 Å². The average Bonchev–Trinajstić information content (AvgIpc) is 2.33. The van der Waals surface area contributed by atoms with Crippen molar-refractivity contribution in [2.24, 2.45) is 0 Å². The minimum absolute atomic E-state index is 0.553. The van der Waals surface area contributed by atoms with Crippen molar-refractivity contribution in [2.45, 2.75) is 0 Å². The van der Waals surface area contributed by atoms with E-state index in [4.69, 9.17) is 5.26 Å². The van der Waals surface area contributed by atoms with Gasteiger partial charge in [0.2, 0.25) is 0 Å². The van der Waals surface area contributed by atoms with Gasteiger partial charge in [0.1, 0.15) is 11.9 Å². The van der Waals surface area contributed by atoms with Crippen molar-refractivity contribution in [3.8, 4) is 6.07 Å². The molecule has 0 unspecified atom stereocenters. The third-order valence-electron chi connectivity index (χ3n) is 2.03. The van der Waals surface area contributed by atoms with Gasteiger partial charge >= 0.3 is 0 Å². The van der Waals surface area contributed by atoms with Crippen LogP contribution in [0.1, 0.15) is 5.56 Å². The molecule has 3 nitrogen and oxygen atoms in total. The van der Waals surface area contributed by atoms with Crippen LogP contribution in [0.5, 0.6) is 0 Å². The molecule has 0 spiro atoms. The van der Waals surface area contributed by atoms with Crippen LogP contribution < -0.4 is 5.32 Å². The normalized spacial score (nSPS) is 9.50. The highest BCUT2D eigenvalue weighted by molar-refractivity contribution is 9.10. The number of hydrogen-bond donors (Lipinski definition) is 1. The molecule has 0 fully saturated rings. The fraction of sp³-hybridized carbons (Fsp3) is 0. The second-order valence-electron chi connectivity index (χ2n) is 3.15. The Hall–Kier alpha value is -1.86. The predicted octanol–water partition coefficient (Wildman–Crippen LogP) is 3.46. The summed E-state index contributed by atoms with van der Waals surface area (Å²) in [4.78, 5) is 4.13. The lowest BCUT2D eigenvalue weighted by Gasteiger charge is -2.06. The summed E-state index contributed by atoms with van der Waals surface area (Å²) in [5, 5.41) is 11.8. The Labute approximate surface area is 102 Å². The monoisotopic (exact) mass is 273 g/mol. The van der Waals surface area contributed by atoms with Crippen molar-refractivity contribution < 1.29 is 0 Å². The number of halogens is 1. The molecule has 1 aromatic carbocycles. The third kappa shape index (κ3) is 2.38. The summed E-state index contributed by atoms with van der Waals surface area (Å²) in [7, 11) is 0. The van der Waals surface area contributed by atoms with E-state index in [1.807, 2.05) is 30.3 Å². The van der Waals surface area contributed by atoms with Crippen LogP contribution in [0.2, 0.25) is 0 Å². The number of aromatic nitrogens is 1. The summed E-state index contributed by atoms with van der Waals surface area (Å²) >= 11 is 3.44. The van der Waals surface area contributed by atoms with Gasteiger partial charge < -0.3 is 5.32 Å². The van der Waals surface area contributed by atoms with Crippen LogP contribution >= 0.6 is 15.9 Å². The molecule has 1 heterocycles. The Bertz CT molecular complexity index is 529. The molecule has 78 valence electrons. The lowest BCUT2D eigenvalue weighted by atomic mass is 10.3. The van der Waals surface area contributed by atoms with Crippen molar-refractivity contribution in [1.29, 1.82) is 5.26 Å². The van der Waals surface area contributed by atoms with Crippen LogP contribution in [-0.2, 0) is 0 Å². The largest absolute Gasteiger partial charge is 0.339 e. The topological polar surface area (TPSA) is 48.7 Å². The van der Waals surface area contributed by atoms with Crippen LogP contribution in [-0.4, -0.2) is 4.98 Å². The number of nitriles is 1. The summed E-state index contributed by atoms with van der Waals surface area (Å²) in [6, 6.07) is 13.3. The summed E-state index contributed by atoms with van der Waals surface area (Å²) in [6.07, 6.45) is 1.54. The number of anilines is 2. The number of benzene rings is 1. The molecule has 0 aliphatic carbocycles. The minimum atomic E-state index is 0.553. The number of pyridine rings is 1. The van der Waals surface area contributed by atoms with Crippen molar-refractivity contribution in [2.75, 3.05) is 5.32 Å². The van der Waals surface area contributed by atoms with Crippen molar-refractivity contribution >= 4 is 27.4 Å². The van der Waals surface area contributed by atoms with Gasteiger partial charge in [-0.1, -0.05) is 12.1 Å². The average molecular weight is 274 g/mol. The van der Waals surface area contributed by atoms with Gasteiger partial charge in [0.15, 0.2) is 0 Å². The number of nitrogens with one attached hydrogen (secondary N) is 1. The molecular formula is C12H8BrN3. The number of hydrogen-bond acceptors (Lipinski definition) is 3. The molecule has 0 bridgehead atoms. The molecule has 2 rings (SSSR count). The van der Waals surface area contributed by atoms with Crippen LogP contribution in [0, 0.1) is 11.3 Å². The number of rotatable bonds is 2. The van der Waals surface area contributed by atoms with Crippen LogP contribution in [0.25, 0.3) is 0 Å². The standard InChI is InChI=1S/C12H8BrN3/c13-10-3-1-2-4-11(10)16-12-6-5-9(7-14)8-15-12/h1-6,8H,(H,15,16). The molecule has 16 heavy (non-hydrogen) atoms. The van der Waals surface area contributed by atoms with Crippen LogP contribution in [0.4, 0.5) is 11.5 Å². The molecule has 0 radical (unpaired) electrons. The Morgan fingerprint density at radius 2 is 2.00 bits per heavy atom. The second-order valence-corrected chi connectivity index (χ2v) is 4.00. The highest BCUT2D eigenvalue weighted by Gasteiger charge is 1.99. The maximum atomic E-state index is 8.64. The van der Waals surface area contributed by atoms with Crippen molar-refractivity contribution in [1.82, 2.24) is 4.98 Å². The Balaban J connectivity index is 2.22. The third-order valence-corrected chi connectivity index (χ3v) is 2.72. The van der Waals surface area contributed by atoms with E-state index in [0.29, 0.717) is 11.4 Å². The van der Waals surface area contributed by atoms with Gasteiger partial charge in [-0.15, -0.1) is 0 Å². The molecule has 0 aliphatic heterocycles. The van der Waals surface area contributed by atoms with E-state index in [-0.39, 0.29) is 0 Å². The predicted molar refractivity (Wildman–Crippen MR) is 66.4 cm³/mol. The molecule has 0 saturated carbocycles. The molecule has 0 saturated heterocycles. The number of para-hydroxylation sites is 1. The molecule has 0 aliphatic rings.